The largest absolute Gasteiger partial charge is 0.351 e. The predicted molar refractivity (Wildman–Crippen MR) is 145 cm³/mol. The number of thiocarbonyl (C=S) groups is 1. The number of halogens is 1. The van der Waals surface area contributed by atoms with Crippen LogP contribution in [-0.2, 0) is 0 Å². The van der Waals surface area contributed by atoms with E-state index < -0.39 is 0 Å². The molecule has 1 aliphatic heterocycles. The van der Waals surface area contributed by atoms with Gasteiger partial charge in [0.25, 0.3) is 5.89 Å². The van der Waals surface area contributed by atoms with Crippen LogP contribution in [0, 0.1) is 33.5 Å². The van der Waals surface area contributed by atoms with Crippen molar-refractivity contribution in [2.45, 2.75) is 40.7 Å². The van der Waals surface area contributed by atoms with Crippen LogP contribution in [0.15, 0.2) is 70.9 Å². The van der Waals surface area contributed by atoms with Gasteiger partial charge in [0.05, 0.1) is 11.6 Å². The standard InChI is InChI=1S/C29H27FN4OS/c1-16-6-8-22(14-18(16)3)26-25(28-32-27(33-35-28)21-9-11-23(30)12-10-21)20(5)34(29(36)31-26)24-13-7-17(2)19(4)15-24/h6-15,26H,1-5H3,(H,31,36). The fraction of sp³-hybridized carbons (Fsp3) is 0.207. The molecule has 0 aliphatic carbocycles. The van der Waals surface area contributed by atoms with E-state index in [0.29, 0.717) is 22.4 Å². The van der Waals surface area contributed by atoms with Crippen LogP contribution in [0.25, 0.3) is 17.0 Å². The summed E-state index contributed by atoms with van der Waals surface area (Å²) < 4.78 is 19.3. The van der Waals surface area contributed by atoms with E-state index in [0.717, 1.165) is 22.5 Å². The first-order valence-electron chi connectivity index (χ1n) is 11.8. The van der Waals surface area contributed by atoms with Crippen molar-refractivity contribution in [2.24, 2.45) is 0 Å². The number of anilines is 1. The minimum Gasteiger partial charge on any atom is -0.351 e. The number of aryl methyl sites for hydroxylation is 4. The quantitative estimate of drug-likeness (QED) is 0.307. The highest BCUT2D eigenvalue weighted by molar-refractivity contribution is 7.80. The Morgan fingerprint density at radius 1 is 0.861 bits per heavy atom. The topological polar surface area (TPSA) is 54.2 Å². The van der Waals surface area contributed by atoms with Gasteiger partial charge in [0.15, 0.2) is 5.11 Å². The van der Waals surface area contributed by atoms with Crippen molar-refractivity contribution in [1.82, 2.24) is 15.5 Å². The van der Waals surface area contributed by atoms with Crippen molar-refractivity contribution < 1.29 is 8.91 Å². The van der Waals surface area contributed by atoms with Crippen LogP contribution in [0.5, 0.6) is 0 Å². The highest BCUT2D eigenvalue weighted by Gasteiger charge is 2.35. The molecular formula is C29H27FN4OS. The fourth-order valence-corrected chi connectivity index (χ4v) is 4.80. The lowest BCUT2D eigenvalue weighted by molar-refractivity contribution is 0.404. The molecule has 5 rings (SSSR count). The normalized spacial score (nSPS) is 15.9. The molecule has 1 N–H and O–H groups in total. The van der Waals surface area contributed by atoms with Crippen molar-refractivity contribution >= 4 is 28.6 Å². The lowest BCUT2D eigenvalue weighted by Gasteiger charge is -2.37. The van der Waals surface area contributed by atoms with Crippen LogP contribution in [0.3, 0.4) is 0 Å². The fourth-order valence-electron chi connectivity index (χ4n) is 4.44. The van der Waals surface area contributed by atoms with Gasteiger partial charge in [-0.15, -0.1) is 0 Å². The minimum atomic E-state index is -0.315. The number of rotatable bonds is 4. The van der Waals surface area contributed by atoms with Crippen LogP contribution >= 0.6 is 12.2 Å². The van der Waals surface area contributed by atoms with E-state index in [1.807, 2.05) is 11.8 Å². The van der Waals surface area contributed by atoms with Crippen LogP contribution in [0.1, 0.15) is 46.7 Å². The maximum absolute atomic E-state index is 13.4. The summed E-state index contributed by atoms with van der Waals surface area (Å²) in [4.78, 5) is 6.73. The minimum absolute atomic E-state index is 0.277. The van der Waals surface area contributed by atoms with Crippen molar-refractivity contribution in [3.8, 4) is 11.4 Å². The molecule has 0 saturated heterocycles. The molecule has 2 heterocycles. The first-order valence-corrected chi connectivity index (χ1v) is 12.2. The van der Waals surface area contributed by atoms with Gasteiger partial charge in [-0.05, 0) is 111 Å². The van der Waals surface area contributed by atoms with Gasteiger partial charge in [-0.25, -0.2) is 4.39 Å². The Labute approximate surface area is 215 Å². The number of hydrogen-bond donors (Lipinski definition) is 1. The van der Waals surface area contributed by atoms with E-state index in [4.69, 9.17) is 21.7 Å². The lowest BCUT2D eigenvalue weighted by Crippen LogP contribution is -2.46. The average molecular weight is 499 g/mol. The van der Waals surface area contributed by atoms with E-state index in [1.54, 1.807) is 12.1 Å². The molecule has 4 aromatic rings. The summed E-state index contributed by atoms with van der Waals surface area (Å²) in [5, 5.41) is 8.32. The van der Waals surface area contributed by atoms with Gasteiger partial charge in [0, 0.05) is 16.9 Å². The zero-order valence-corrected chi connectivity index (χ0v) is 21.7. The third-order valence-corrected chi connectivity index (χ3v) is 7.16. The smallest absolute Gasteiger partial charge is 0.258 e. The van der Waals surface area contributed by atoms with Gasteiger partial charge in [0.1, 0.15) is 5.82 Å². The van der Waals surface area contributed by atoms with Gasteiger partial charge >= 0.3 is 0 Å². The number of benzene rings is 3. The number of allylic oxidation sites excluding steroid dienone is 1. The summed E-state index contributed by atoms with van der Waals surface area (Å²) >= 11 is 5.87. The summed E-state index contributed by atoms with van der Waals surface area (Å²) in [5.41, 5.74) is 9.23. The molecule has 0 amide bonds. The van der Waals surface area contributed by atoms with E-state index in [9.17, 15) is 4.39 Å². The molecule has 0 saturated carbocycles. The molecule has 0 bridgehead atoms. The SMILES string of the molecule is CC1=C(c2nc(-c3ccc(F)cc3)no2)C(c2ccc(C)c(C)c2)NC(=S)N1c1ccc(C)c(C)c1. The molecule has 0 fully saturated rings. The van der Waals surface area contributed by atoms with Gasteiger partial charge in [-0.1, -0.05) is 29.4 Å². The summed E-state index contributed by atoms with van der Waals surface area (Å²) in [6.07, 6.45) is 0. The van der Waals surface area contributed by atoms with Crippen LogP contribution in [-0.4, -0.2) is 15.3 Å². The third-order valence-electron chi connectivity index (χ3n) is 6.86. The van der Waals surface area contributed by atoms with Crippen molar-refractivity contribution in [3.63, 3.8) is 0 Å². The molecule has 1 unspecified atom stereocenters. The predicted octanol–water partition coefficient (Wildman–Crippen LogP) is 6.98. The molecule has 7 heteroatoms. The van der Waals surface area contributed by atoms with Crippen LogP contribution in [0.4, 0.5) is 10.1 Å². The zero-order chi connectivity index (χ0) is 25.6. The van der Waals surface area contributed by atoms with Crippen LogP contribution < -0.4 is 10.2 Å². The Balaban J connectivity index is 1.67. The second kappa shape index (κ2) is 9.32. The van der Waals surface area contributed by atoms with Gasteiger partial charge in [-0.2, -0.15) is 4.98 Å². The first-order chi connectivity index (χ1) is 17.2. The summed E-state index contributed by atoms with van der Waals surface area (Å²) in [5.74, 6) is 0.471. The zero-order valence-electron chi connectivity index (χ0n) is 20.9. The second-order valence-corrected chi connectivity index (χ2v) is 9.65. The molecule has 0 radical (unpaired) electrons. The molecule has 1 atom stereocenters. The molecule has 1 aliphatic rings. The number of aromatic nitrogens is 2. The summed E-state index contributed by atoms with van der Waals surface area (Å²) in [6, 6.07) is 18.4. The maximum Gasteiger partial charge on any atom is 0.258 e. The number of nitrogens with zero attached hydrogens (tertiary/aromatic N) is 3. The number of nitrogens with one attached hydrogen (secondary N) is 1. The molecule has 1 aromatic heterocycles. The maximum atomic E-state index is 13.4. The highest BCUT2D eigenvalue weighted by atomic mass is 32.1. The summed E-state index contributed by atoms with van der Waals surface area (Å²) in [7, 11) is 0. The van der Waals surface area contributed by atoms with E-state index >= 15 is 0 Å². The summed E-state index contributed by atoms with van der Waals surface area (Å²) in [6.45, 7) is 10.4. The van der Waals surface area contributed by atoms with Gasteiger partial charge in [-0.3, -0.25) is 4.90 Å². The van der Waals surface area contributed by atoms with Crippen molar-refractivity contribution in [2.75, 3.05) is 4.90 Å². The average Bonchev–Trinajstić information content (AvgIpc) is 3.33. The monoisotopic (exact) mass is 498 g/mol. The Bertz CT molecular complexity index is 1510. The van der Waals surface area contributed by atoms with Gasteiger partial charge < -0.3 is 9.84 Å². The molecule has 0 spiro atoms. The Morgan fingerprint density at radius 2 is 1.53 bits per heavy atom. The molecule has 36 heavy (non-hydrogen) atoms. The molecule has 182 valence electrons. The van der Waals surface area contributed by atoms with Crippen LogP contribution in [0.2, 0.25) is 0 Å². The van der Waals surface area contributed by atoms with Crippen molar-refractivity contribution in [3.05, 3.63) is 106 Å². The van der Waals surface area contributed by atoms with E-state index in [-0.39, 0.29) is 11.9 Å². The molecular weight excluding hydrogens is 471 g/mol. The van der Waals surface area contributed by atoms with Gasteiger partial charge in [0.2, 0.25) is 5.82 Å². The highest BCUT2D eigenvalue weighted by Crippen LogP contribution is 2.40. The Kier molecular flexibility index (Phi) is 6.18. The second-order valence-electron chi connectivity index (χ2n) is 9.26. The van der Waals surface area contributed by atoms with Crippen molar-refractivity contribution in [1.29, 1.82) is 0 Å². The Hall–Kier alpha value is -3.84. The third kappa shape index (κ3) is 4.31. The molecule has 3 aromatic carbocycles. The van der Waals surface area contributed by atoms with E-state index in [1.165, 1.54) is 34.4 Å². The van der Waals surface area contributed by atoms with E-state index in [2.05, 4.69) is 74.6 Å². The number of hydrogen-bond acceptors (Lipinski definition) is 4. The lowest BCUT2D eigenvalue weighted by atomic mass is 9.92. The first kappa shape index (κ1) is 23.9. The molecule has 5 nitrogen and oxygen atoms in total. The Morgan fingerprint density at radius 3 is 2.19 bits per heavy atom.